The summed E-state index contributed by atoms with van der Waals surface area (Å²) in [5.74, 6) is 0. The van der Waals surface area contributed by atoms with Crippen LogP contribution in [-0.4, -0.2) is 14.8 Å². The first-order valence-corrected chi connectivity index (χ1v) is 5.81. The first-order valence-electron chi connectivity index (χ1n) is 4.52. The van der Waals surface area contributed by atoms with Gasteiger partial charge in [-0.05, 0) is 12.5 Å². The maximum atomic E-state index is 5.23. The molecule has 3 nitrogen and oxygen atoms in total. The third-order valence-electron chi connectivity index (χ3n) is 1.90. The fraction of sp³-hybridized carbons (Fsp3) is 0.333. The van der Waals surface area contributed by atoms with E-state index in [9.17, 15) is 0 Å². The van der Waals surface area contributed by atoms with Gasteiger partial charge in [0, 0.05) is 17.3 Å². The Labute approximate surface area is 91.4 Å². The van der Waals surface area contributed by atoms with E-state index in [1.807, 2.05) is 16.1 Å². The van der Waals surface area contributed by atoms with Gasteiger partial charge < -0.3 is 0 Å². The molecule has 0 unspecified atom stereocenters. The van der Waals surface area contributed by atoms with Gasteiger partial charge in [0.25, 0.3) is 0 Å². The maximum absolute atomic E-state index is 5.23. The summed E-state index contributed by atoms with van der Waals surface area (Å²) >= 11 is 6.81. The highest BCUT2D eigenvalue weighted by Crippen LogP contribution is 2.12. The van der Waals surface area contributed by atoms with Crippen molar-refractivity contribution < 1.29 is 0 Å². The summed E-state index contributed by atoms with van der Waals surface area (Å²) in [6, 6.07) is 2.00. The Kier molecular flexibility index (Phi) is 2.79. The van der Waals surface area contributed by atoms with Gasteiger partial charge in [-0.2, -0.15) is 0 Å². The fourth-order valence-corrected chi connectivity index (χ4v) is 2.26. The molecule has 0 aliphatic heterocycles. The van der Waals surface area contributed by atoms with Crippen LogP contribution in [0.2, 0.25) is 0 Å². The molecule has 74 valence electrons. The molecule has 0 spiro atoms. The number of hydrogen-bond donors (Lipinski definition) is 1. The third-order valence-corrected chi connectivity index (χ3v) is 2.96. The predicted octanol–water partition coefficient (Wildman–Crippen LogP) is 2.94. The summed E-state index contributed by atoms with van der Waals surface area (Å²) in [5.41, 5.74) is 1.17. The minimum Gasteiger partial charge on any atom is -0.295 e. The Hall–Kier alpha value is -0.940. The minimum absolute atomic E-state index is 0.795. The molecule has 2 rings (SSSR count). The number of aromatic nitrogens is 3. The van der Waals surface area contributed by atoms with Crippen molar-refractivity contribution in [2.75, 3.05) is 0 Å². The molecule has 14 heavy (non-hydrogen) atoms. The number of H-pyrrole nitrogens is 1. The molecule has 0 saturated heterocycles. The number of thiazole rings is 1. The van der Waals surface area contributed by atoms with E-state index in [2.05, 4.69) is 17.0 Å². The molecular formula is C9H11N3S2. The van der Waals surface area contributed by atoms with E-state index in [0.717, 1.165) is 22.6 Å². The van der Waals surface area contributed by atoms with E-state index in [1.54, 1.807) is 17.5 Å². The zero-order valence-corrected chi connectivity index (χ0v) is 9.49. The fourth-order valence-electron chi connectivity index (χ4n) is 1.31. The molecular weight excluding hydrogens is 214 g/mol. The predicted molar refractivity (Wildman–Crippen MR) is 60.6 cm³/mol. The van der Waals surface area contributed by atoms with Gasteiger partial charge in [0.2, 0.25) is 5.13 Å². The molecule has 0 bridgehead atoms. The van der Waals surface area contributed by atoms with Crippen LogP contribution in [-0.2, 0) is 6.42 Å². The van der Waals surface area contributed by atoms with Crippen molar-refractivity contribution in [1.82, 2.24) is 14.8 Å². The van der Waals surface area contributed by atoms with Crippen molar-refractivity contribution in [2.45, 2.75) is 19.8 Å². The third kappa shape index (κ3) is 1.78. The minimum atomic E-state index is 0.795. The van der Waals surface area contributed by atoms with Gasteiger partial charge in [0.1, 0.15) is 4.64 Å². The standard InChI is InChI=1S/C9H11N3S2/c1-2-3-7-6-8(13)12(11-7)9-10-4-5-14-9/h4-6,11H,2-3H2,1H3. The summed E-state index contributed by atoms with van der Waals surface area (Å²) < 4.78 is 2.65. The molecule has 5 heteroatoms. The van der Waals surface area contributed by atoms with Gasteiger partial charge >= 0.3 is 0 Å². The molecule has 0 aromatic carbocycles. The van der Waals surface area contributed by atoms with E-state index in [0.29, 0.717) is 0 Å². The molecule has 0 radical (unpaired) electrons. The van der Waals surface area contributed by atoms with Crippen molar-refractivity contribution in [3.05, 3.63) is 28.0 Å². The average molecular weight is 225 g/mol. The molecule has 2 aromatic heterocycles. The maximum Gasteiger partial charge on any atom is 0.209 e. The van der Waals surface area contributed by atoms with E-state index in [-0.39, 0.29) is 0 Å². The highest BCUT2D eigenvalue weighted by atomic mass is 32.1. The molecule has 0 amide bonds. The highest BCUT2D eigenvalue weighted by molar-refractivity contribution is 7.71. The Morgan fingerprint density at radius 3 is 3.14 bits per heavy atom. The van der Waals surface area contributed by atoms with Crippen LogP contribution in [0, 0.1) is 4.64 Å². The lowest BCUT2D eigenvalue weighted by Crippen LogP contribution is -1.96. The lowest BCUT2D eigenvalue weighted by atomic mass is 10.3. The van der Waals surface area contributed by atoms with Crippen LogP contribution in [0.15, 0.2) is 17.6 Å². The zero-order chi connectivity index (χ0) is 9.97. The second kappa shape index (κ2) is 4.06. The van der Waals surface area contributed by atoms with E-state index < -0.39 is 0 Å². The number of nitrogens with one attached hydrogen (secondary N) is 1. The summed E-state index contributed by atoms with van der Waals surface area (Å²) in [6.07, 6.45) is 3.93. The molecule has 0 aliphatic rings. The van der Waals surface area contributed by atoms with E-state index >= 15 is 0 Å². The van der Waals surface area contributed by atoms with Crippen molar-refractivity contribution in [3.63, 3.8) is 0 Å². The Morgan fingerprint density at radius 1 is 1.64 bits per heavy atom. The molecule has 0 atom stereocenters. The second-order valence-electron chi connectivity index (χ2n) is 3.02. The van der Waals surface area contributed by atoms with Crippen LogP contribution < -0.4 is 0 Å². The molecule has 2 heterocycles. The van der Waals surface area contributed by atoms with Gasteiger partial charge in [-0.3, -0.25) is 5.10 Å². The second-order valence-corrected chi connectivity index (χ2v) is 4.31. The van der Waals surface area contributed by atoms with Crippen molar-refractivity contribution in [2.24, 2.45) is 0 Å². The van der Waals surface area contributed by atoms with Crippen LogP contribution in [0.4, 0.5) is 0 Å². The van der Waals surface area contributed by atoms with Crippen LogP contribution in [0.3, 0.4) is 0 Å². The molecule has 1 N–H and O–H groups in total. The van der Waals surface area contributed by atoms with Crippen LogP contribution in [0.25, 0.3) is 5.13 Å². The SMILES string of the molecule is CCCc1cc(=S)n(-c2nccs2)[nH]1. The van der Waals surface area contributed by atoms with Crippen molar-refractivity contribution in [3.8, 4) is 5.13 Å². The van der Waals surface area contributed by atoms with Gasteiger partial charge in [-0.15, -0.1) is 11.3 Å². The summed E-state index contributed by atoms with van der Waals surface area (Å²) in [7, 11) is 0. The Bertz CT molecular complexity index is 453. The smallest absolute Gasteiger partial charge is 0.209 e. The summed E-state index contributed by atoms with van der Waals surface area (Å²) in [4.78, 5) is 4.20. The van der Waals surface area contributed by atoms with Gasteiger partial charge in [-0.25, -0.2) is 9.67 Å². The summed E-state index contributed by atoms with van der Waals surface area (Å²) in [5, 5.41) is 6.09. The average Bonchev–Trinajstić information content (AvgIpc) is 2.74. The van der Waals surface area contributed by atoms with Crippen LogP contribution in [0.5, 0.6) is 0 Å². The number of hydrogen-bond acceptors (Lipinski definition) is 3. The van der Waals surface area contributed by atoms with Gasteiger partial charge in [0.05, 0.1) is 0 Å². The molecule has 0 fully saturated rings. The number of nitrogens with zero attached hydrogens (tertiary/aromatic N) is 2. The molecule has 2 aromatic rings. The van der Waals surface area contributed by atoms with Crippen LogP contribution >= 0.6 is 23.6 Å². The highest BCUT2D eigenvalue weighted by Gasteiger charge is 2.03. The normalized spacial score (nSPS) is 10.6. The lowest BCUT2D eigenvalue weighted by molar-refractivity contribution is 0.797. The first kappa shape index (κ1) is 9.61. The summed E-state index contributed by atoms with van der Waals surface area (Å²) in [6.45, 7) is 2.15. The number of rotatable bonds is 3. The van der Waals surface area contributed by atoms with E-state index in [1.165, 1.54) is 5.69 Å². The van der Waals surface area contributed by atoms with Crippen LogP contribution in [0.1, 0.15) is 19.0 Å². The van der Waals surface area contributed by atoms with Crippen molar-refractivity contribution in [1.29, 1.82) is 0 Å². The van der Waals surface area contributed by atoms with E-state index in [4.69, 9.17) is 12.2 Å². The molecule has 0 aliphatic carbocycles. The first-order chi connectivity index (χ1) is 6.81. The Balaban J connectivity index is 2.40. The quantitative estimate of drug-likeness (QED) is 0.815. The zero-order valence-electron chi connectivity index (χ0n) is 7.86. The lowest BCUT2D eigenvalue weighted by Gasteiger charge is -1.96. The van der Waals surface area contributed by atoms with Gasteiger partial charge in [0.15, 0.2) is 0 Å². The monoisotopic (exact) mass is 225 g/mol. The number of aryl methyl sites for hydroxylation is 1. The topological polar surface area (TPSA) is 33.6 Å². The largest absolute Gasteiger partial charge is 0.295 e. The Morgan fingerprint density at radius 2 is 2.50 bits per heavy atom. The van der Waals surface area contributed by atoms with Crippen molar-refractivity contribution >= 4 is 23.6 Å². The van der Waals surface area contributed by atoms with Gasteiger partial charge in [-0.1, -0.05) is 25.6 Å². The number of aromatic amines is 1. The molecule has 0 saturated carbocycles.